The van der Waals surface area contributed by atoms with E-state index < -0.39 is 72.3 Å². The van der Waals surface area contributed by atoms with Gasteiger partial charge >= 0.3 is 0 Å². The molecule has 13 heteroatoms. The molecule has 1 rings (SSSR count). The third kappa shape index (κ3) is 10.4. The van der Waals surface area contributed by atoms with E-state index >= 15 is 0 Å². The van der Waals surface area contributed by atoms with E-state index in [1.807, 2.05) is 31.4 Å². The van der Waals surface area contributed by atoms with Crippen LogP contribution in [0, 0.1) is 11.8 Å². The van der Waals surface area contributed by atoms with Gasteiger partial charge in [-0.3, -0.25) is 24.0 Å². The fraction of sp³-hybridized carbons (Fsp3) is 0.615. The summed E-state index contributed by atoms with van der Waals surface area (Å²) in [5.74, 6) is -3.94. The summed E-state index contributed by atoms with van der Waals surface area (Å²) in [5, 5.41) is 18.5. The second kappa shape index (κ2) is 15.9. The molecule has 12 nitrogen and oxygen atoms in total. The number of aliphatic hydroxyl groups is 1. The Hall–Kier alpha value is -3.32. The summed E-state index contributed by atoms with van der Waals surface area (Å²) >= 11 is 1.41. The van der Waals surface area contributed by atoms with E-state index in [-0.39, 0.29) is 18.8 Å². The van der Waals surface area contributed by atoms with Crippen molar-refractivity contribution in [1.29, 1.82) is 0 Å². The maximum atomic E-state index is 14.0. The molecule has 218 valence electrons. The average Bonchev–Trinajstić information content (AvgIpc) is 3.36. The van der Waals surface area contributed by atoms with Crippen molar-refractivity contribution in [2.24, 2.45) is 17.6 Å². The Morgan fingerprint density at radius 2 is 1.69 bits per heavy atom. The van der Waals surface area contributed by atoms with Crippen molar-refractivity contribution in [3.05, 3.63) is 22.4 Å². The summed E-state index contributed by atoms with van der Waals surface area (Å²) < 4.78 is 0. The van der Waals surface area contributed by atoms with Crippen LogP contribution in [-0.4, -0.2) is 82.6 Å². The Morgan fingerprint density at radius 3 is 2.13 bits per heavy atom. The van der Waals surface area contributed by atoms with Crippen molar-refractivity contribution >= 4 is 47.2 Å². The molecule has 0 saturated heterocycles. The standard InChI is InChI=1S/C26H41N5O7S/c1-14(2)10-21(23(27)35)31(18(12-32)11-19-8-7-9-39-19)26(38)22(15(3)4)30-24(36)16(5)28-25(37)20(13-33)29-17(6)34/h7-9,12,14-16,18,20-22,33H,10-11,13H2,1-6H3,(H2,27,35)(H,28,37)(H,29,34)(H,30,36)/t16-,18-,20-,21-,22-/m0/s1. The highest BCUT2D eigenvalue weighted by Crippen LogP contribution is 2.22. The number of thiophene rings is 1. The number of nitrogens with one attached hydrogen (secondary N) is 3. The van der Waals surface area contributed by atoms with Gasteiger partial charge in [0.25, 0.3) is 0 Å². The van der Waals surface area contributed by atoms with Gasteiger partial charge in [-0.15, -0.1) is 11.3 Å². The zero-order valence-electron chi connectivity index (χ0n) is 23.3. The summed E-state index contributed by atoms with van der Waals surface area (Å²) in [5.41, 5.74) is 5.71. The molecule has 39 heavy (non-hydrogen) atoms. The first-order valence-electron chi connectivity index (χ1n) is 12.8. The van der Waals surface area contributed by atoms with Gasteiger partial charge in [0.2, 0.25) is 29.5 Å². The molecule has 0 aromatic carbocycles. The van der Waals surface area contributed by atoms with Crippen LogP contribution in [0.1, 0.15) is 52.8 Å². The predicted molar refractivity (Wildman–Crippen MR) is 146 cm³/mol. The van der Waals surface area contributed by atoms with Gasteiger partial charge < -0.3 is 36.5 Å². The highest BCUT2D eigenvalue weighted by molar-refractivity contribution is 7.09. The topological polar surface area (TPSA) is 188 Å². The molecule has 1 aromatic heterocycles. The predicted octanol–water partition coefficient (Wildman–Crippen LogP) is -0.271. The zero-order valence-corrected chi connectivity index (χ0v) is 24.1. The van der Waals surface area contributed by atoms with Gasteiger partial charge in [0, 0.05) is 18.2 Å². The van der Waals surface area contributed by atoms with E-state index in [0.29, 0.717) is 6.29 Å². The van der Waals surface area contributed by atoms with E-state index in [4.69, 9.17) is 5.73 Å². The quantitative estimate of drug-likeness (QED) is 0.170. The fourth-order valence-electron chi connectivity index (χ4n) is 3.98. The number of amides is 5. The lowest BCUT2D eigenvalue weighted by molar-refractivity contribution is -0.148. The van der Waals surface area contributed by atoms with Crippen LogP contribution in [0.15, 0.2) is 17.5 Å². The lowest BCUT2D eigenvalue weighted by Gasteiger charge is -2.38. The molecule has 6 N–H and O–H groups in total. The zero-order chi connectivity index (χ0) is 29.9. The normalized spacial score (nSPS) is 15.0. The smallest absolute Gasteiger partial charge is 0.246 e. The molecule has 0 spiro atoms. The lowest BCUT2D eigenvalue weighted by Crippen LogP contribution is -2.62. The molecule has 0 unspecified atom stereocenters. The first-order valence-corrected chi connectivity index (χ1v) is 13.7. The number of nitrogens with two attached hydrogens (primary N) is 1. The van der Waals surface area contributed by atoms with Gasteiger partial charge in [-0.05, 0) is 36.6 Å². The Kier molecular flexibility index (Phi) is 13.8. The molecule has 0 aliphatic heterocycles. The highest BCUT2D eigenvalue weighted by atomic mass is 32.1. The Bertz CT molecular complexity index is 999. The number of carbonyl (C=O) groups is 6. The number of rotatable bonds is 16. The van der Waals surface area contributed by atoms with Crippen LogP contribution in [0.5, 0.6) is 0 Å². The minimum Gasteiger partial charge on any atom is -0.394 e. The van der Waals surface area contributed by atoms with Gasteiger partial charge in [0.1, 0.15) is 30.5 Å². The van der Waals surface area contributed by atoms with Crippen molar-refractivity contribution < 1.29 is 33.9 Å². The van der Waals surface area contributed by atoms with Crippen molar-refractivity contribution in [1.82, 2.24) is 20.9 Å². The number of primary amides is 1. The van der Waals surface area contributed by atoms with Crippen molar-refractivity contribution in [2.75, 3.05) is 6.61 Å². The maximum Gasteiger partial charge on any atom is 0.246 e. The Labute approximate surface area is 233 Å². The van der Waals surface area contributed by atoms with Crippen LogP contribution in [-0.2, 0) is 35.2 Å². The minimum absolute atomic E-state index is 0.0303. The van der Waals surface area contributed by atoms with Crippen LogP contribution < -0.4 is 21.7 Å². The average molecular weight is 568 g/mol. The number of hydrogen-bond acceptors (Lipinski definition) is 8. The number of aldehydes is 1. The molecule has 1 heterocycles. The van der Waals surface area contributed by atoms with Crippen molar-refractivity contribution in [2.45, 2.75) is 84.6 Å². The number of carbonyl (C=O) groups excluding carboxylic acids is 6. The molecule has 0 radical (unpaired) electrons. The van der Waals surface area contributed by atoms with Crippen molar-refractivity contribution in [3.63, 3.8) is 0 Å². The highest BCUT2D eigenvalue weighted by Gasteiger charge is 2.40. The number of hydrogen-bond donors (Lipinski definition) is 5. The summed E-state index contributed by atoms with van der Waals surface area (Å²) in [6, 6.07) is -2.02. The van der Waals surface area contributed by atoms with Crippen LogP contribution in [0.25, 0.3) is 0 Å². The summed E-state index contributed by atoms with van der Waals surface area (Å²) in [6.07, 6.45) is 0.992. The second-order valence-electron chi connectivity index (χ2n) is 10.2. The molecule has 0 bridgehead atoms. The van der Waals surface area contributed by atoms with E-state index in [0.717, 1.165) is 4.88 Å². The maximum absolute atomic E-state index is 14.0. The van der Waals surface area contributed by atoms with Crippen LogP contribution in [0.4, 0.5) is 0 Å². The molecule has 5 amide bonds. The van der Waals surface area contributed by atoms with Gasteiger partial charge in [0.05, 0.1) is 12.6 Å². The SMILES string of the molecule is CC(=O)N[C@@H](CO)C(=O)N[C@@H](C)C(=O)N[C@H](C(=O)N([C@H](C=O)Cc1cccs1)[C@@H](CC(C)C)C(N)=O)C(C)C. The van der Waals surface area contributed by atoms with Gasteiger partial charge in [-0.2, -0.15) is 0 Å². The van der Waals surface area contributed by atoms with Crippen molar-refractivity contribution in [3.8, 4) is 0 Å². The number of aliphatic hydroxyl groups excluding tert-OH is 1. The number of nitrogens with zero attached hydrogens (tertiary/aromatic N) is 1. The van der Waals surface area contributed by atoms with Crippen LogP contribution in [0.2, 0.25) is 0 Å². The molecular weight excluding hydrogens is 526 g/mol. The second-order valence-corrected chi connectivity index (χ2v) is 11.2. The van der Waals surface area contributed by atoms with E-state index in [1.54, 1.807) is 13.8 Å². The fourth-order valence-corrected chi connectivity index (χ4v) is 4.74. The molecule has 0 aliphatic carbocycles. The largest absolute Gasteiger partial charge is 0.394 e. The monoisotopic (exact) mass is 567 g/mol. The van der Waals surface area contributed by atoms with E-state index in [2.05, 4.69) is 16.0 Å². The molecular formula is C26H41N5O7S. The molecule has 1 aromatic rings. The van der Waals surface area contributed by atoms with E-state index in [9.17, 15) is 33.9 Å². The van der Waals surface area contributed by atoms with E-state index in [1.165, 1.54) is 30.1 Å². The van der Waals surface area contributed by atoms with Gasteiger partial charge in [-0.1, -0.05) is 33.8 Å². The Morgan fingerprint density at radius 1 is 1.05 bits per heavy atom. The van der Waals surface area contributed by atoms with Gasteiger partial charge in [0.15, 0.2) is 0 Å². The third-order valence-electron chi connectivity index (χ3n) is 5.98. The first-order chi connectivity index (χ1) is 18.2. The van der Waals surface area contributed by atoms with Gasteiger partial charge in [-0.25, -0.2) is 0 Å². The molecule has 0 saturated carbocycles. The third-order valence-corrected chi connectivity index (χ3v) is 6.88. The minimum atomic E-state index is -1.26. The summed E-state index contributed by atoms with van der Waals surface area (Å²) in [7, 11) is 0. The lowest BCUT2D eigenvalue weighted by atomic mass is 9.95. The first kappa shape index (κ1) is 33.7. The summed E-state index contributed by atoms with van der Waals surface area (Å²) in [4.78, 5) is 77.5. The Balaban J connectivity index is 3.28. The summed E-state index contributed by atoms with van der Waals surface area (Å²) in [6.45, 7) is 9.00. The molecule has 0 aliphatic rings. The molecule has 5 atom stereocenters. The van der Waals surface area contributed by atoms with Crippen LogP contribution in [0.3, 0.4) is 0 Å². The molecule has 0 fully saturated rings. The van der Waals surface area contributed by atoms with Crippen LogP contribution >= 0.6 is 11.3 Å².